The lowest BCUT2D eigenvalue weighted by Crippen LogP contribution is -2.34. The minimum absolute atomic E-state index is 0.207. The maximum absolute atomic E-state index is 9.90. The molecule has 0 aliphatic heterocycles. The van der Waals surface area contributed by atoms with E-state index in [4.69, 9.17) is 10.5 Å². The van der Waals surface area contributed by atoms with Gasteiger partial charge in [0.25, 0.3) is 0 Å². The van der Waals surface area contributed by atoms with Crippen LogP contribution in [0.25, 0.3) is 0 Å². The van der Waals surface area contributed by atoms with Crippen molar-refractivity contribution in [2.45, 2.75) is 12.5 Å². The molecule has 2 aromatic rings. The maximum atomic E-state index is 9.90. The number of phenols is 1. The highest BCUT2D eigenvalue weighted by molar-refractivity contribution is 5.45. The van der Waals surface area contributed by atoms with Gasteiger partial charge in [-0.1, -0.05) is 30.3 Å². The summed E-state index contributed by atoms with van der Waals surface area (Å²) in [5, 5.41) is 9.90. The second-order valence-corrected chi connectivity index (χ2v) is 4.45. The van der Waals surface area contributed by atoms with Gasteiger partial charge in [0.05, 0.1) is 12.6 Å². The average Bonchev–Trinajstić information content (AvgIpc) is 2.39. The Labute approximate surface area is 107 Å². The summed E-state index contributed by atoms with van der Waals surface area (Å²) >= 11 is 0. The highest BCUT2D eigenvalue weighted by Gasteiger charge is 2.26. The van der Waals surface area contributed by atoms with Gasteiger partial charge in [0.1, 0.15) is 11.5 Å². The molecule has 94 valence electrons. The molecule has 0 spiro atoms. The first-order valence-electron chi connectivity index (χ1n) is 5.77. The maximum Gasteiger partial charge on any atom is 0.120 e. The molecule has 3 nitrogen and oxygen atoms in total. The van der Waals surface area contributed by atoms with Crippen LogP contribution in [0, 0.1) is 0 Å². The molecule has 0 radical (unpaired) electrons. The van der Waals surface area contributed by atoms with Gasteiger partial charge in [-0.3, -0.25) is 0 Å². The summed E-state index contributed by atoms with van der Waals surface area (Å²) < 4.78 is 5.12. The van der Waals surface area contributed by atoms with Crippen molar-refractivity contribution < 1.29 is 9.84 Å². The Hall–Kier alpha value is -2.00. The zero-order chi connectivity index (χ0) is 13.2. The average molecular weight is 243 g/mol. The van der Waals surface area contributed by atoms with Crippen LogP contribution in [0.5, 0.6) is 11.5 Å². The van der Waals surface area contributed by atoms with Crippen LogP contribution in [0.2, 0.25) is 0 Å². The molecule has 1 atom stereocenters. The van der Waals surface area contributed by atoms with Gasteiger partial charge in [0.2, 0.25) is 0 Å². The molecule has 0 aliphatic rings. The first-order chi connectivity index (χ1) is 8.55. The predicted molar refractivity (Wildman–Crippen MR) is 71.7 cm³/mol. The molecular formula is C15H17NO2. The van der Waals surface area contributed by atoms with Crippen LogP contribution in [-0.4, -0.2) is 12.2 Å². The van der Waals surface area contributed by atoms with Gasteiger partial charge in [-0.2, -0.15) is 0 Å². The summed E-state index contributed by atoms with van der Waals surface area (Å²) in [7, 11) is 1.62. The van der Waals surface area contributed by atoms with Crippen molar-refractivity contribution in [2.75, 3.05) is 7.11 Å². The number of para-hydroxylation sites is 1. The lowest BCUT2D eigenvalue weighted by molar-refractivity contribution is 0.414. The van der Waals surface area contributed by atoms with E-state index in [9.17, 15) is 5.11 Å². The summed E-state index contributed by atoms with van der Waals surface area (Å²) in [5.41, 5.74) is 7.24. The van der Waals surface area contributed by atoms with E-state index < -0.39 is 5.54 Å². The van der Waals surface area contributed by atoms with E-state index in [1.54, 1.807) is 19.2 Å². The Bertz CT molecular complexity index is 532. The third kappa shape index (κ3) is 2.17. The molecule has 3 N–H and O–H groups in total. The Morgan fingerprint density at radius 3 is 2.22 bits per heavy atom. The minimum Gasteiger partial charge on any atom is -0.508 e. The fourth-order valence-electron chi connectivity index (χ4n) is 2.01. The molecule has 0 aromatic heterocycles. The number of aromatic hydroxyl groups is 1. The van der Waals surface area contributed by atoms with Crippen molar-refractivity contribution in [1.82, 2.24) is 0 Å². The minimum atomic E-state index is -0.738. The second kappa shape index (κ2) is 4.70. The third-order valence-corrected chi connectivity index (χ3v) is 3.15. The summed E-state index contributed by atoms with van der Waals surface area (Å²) in [5.74, 6) is 0.991. The SMILES string of the molecule is COc1ccc([C@@](C)(N)c2ccccc2O)cc1. The summed E-state index contributed by atoms with van der Waals surface area (Å²) in [6.07, 6.45) is 0. The highest BCUT2D eigenvalue weighted by atomic mass is 16.5. The van der Waals surface area contributed by atoms with E-state index in [1.165, 1.54) is 0 Å². The number of benzene rings is 2. The summed E-state index contributed by atoms with van der Waals surface area (Å²) in [6, 6.07) is 14.7. The van der Waals surface area contributed by atoms with E-state index in [2.05, 4.69) is 0 Å². The van der Waals surface area contributed by atoms with E-state index in [1.807, 2.05) is 43.3 Å². The Kier molecular flexibility index (Phi) is 3.26. The smallest absolute Gasteiger partial charge is 0.120 e. The van der Waals surface area contributed by atoms with Crippen molar-refractivity contribution in [3.05, 3.63) is 59.7 Å². The molecule has 0 aliphatic carbocycles. The van der Waals surface area contributed by atoms with Crippen LogP contribution >= 0.6 is 0 Å². The second-order valence-electron chi connectivity index (χ2n) is 4.45. The van der Waals surface area contributed by atoms with Crippen LogP contribution in [0.15, 0.2) is 48.5 Å². The molecule has 0 fully saturated rings. The molecule has 18 heavy (non-hydrogen) atoms. The van der Waals surface area contributed by atoms with E-state index >= 15 is 0 Å². The van der Waals surface area contributed by atoms with Crippen molar-refractivity contribution in [1.29, 1.82) is 0 Å². The third-order valence-electron chi connectivity index (χ3n) is 3.15. The molecule has 3 heteroatoms. The first kappa shape index (κ1) is 12.5. The lowest BCUT2D eigenvalue weighted by Gasteiger charge is -2.26. The van der Waals surface area contributed by atoms with Crippen LogP contribution in [0.3, 0.4) is 0 Å². The van der Waals surface area contributed by atoms with Crippen LogP contribution < -0.4 is 10.5 Å². The largest absolute Gasteiger partial charge is 0.508 e. The van der Waals surface area contributed by atoms with Crippen LogP contribution in [-0.2, 0) is 5.54 Å². The van der Waals surface area contributed by atoms with Crippen molar-refractivity contribution >= 4 is 0 Å². The predicted octanol–water partition coefficient (Wildman–Crippen LogP) is 2.62. The Balaban J connectivity index is 2.44. The van der Waals surface area contributed by atoms with Crippen molar-refractivity contribution in [3.63, 3.8) is 0 Å². The van der Waals surface area contributed by atoms with Crippen LogP contribution in [0.4, 0.5) is 0 Å². The number of phenolic OH excluding ortho intramolecular Hbond substituents is 1. The molecule has 0 bridgehead atoms. The van der Waals surface area contributed by atoms with Gasteiger partial charge in [-0.05, 0) is 30.7 Å². The quantitative estimate of drug-likeness (QED) is 0.871. The lowest BCUT2D eigenvalue weighted by atomic mass is 9.85. The highest BCUT2D eigenvalue weighted by Crippen LogP contribution is 2.33. The van der Waals surface area contributed by atoms with E-state index in [-0.39, 0.29) is 5.75 Å². The van der Waals surface area contributed by atoms with Gasteiger partial charge in [-0.25, -0.2) is 0 Å². The fourth-order valence-corrected chi connectivity index (χ4v) is 2.01. The summed E-state index contributed by atoms with van der Waals surface area (Å²) in [4.78, 5) is 0. The molecule has 2 rings (SSSR count). The van der Waals surface area contributed by atoms with Gasteiger partial charge < -0.3 is 15.6 Å². The molecule has 0 unspecified atom stereocenters. The van der Waals surface area contributed by atoms with Crippen LogP contribution in [0.1, 0.15) is 18.1 Å². The van der Waals surface area contributed by atoms with Gasteiger partial charge >= 0.3 is 0 Å². The topological polar surface area (TPSA) is 55.5 Å². The monoisotopic (exact) mass is 243 g/mol. The zero-order valence-electron chi connectivity index (χ0n) is 10.6. The molecule has 0 saturated heterocycles. The van der Waals surface area contributed by atoms with Crippen molar-refractivity contribution in [2.24, 2.45) is 5.73 Å². The van der Waals surface area contributed by atoms with Gasteiger partial charge in [-0.15, -0.1) is 0 Å². The number of rotatable bonds is 3. The number of ether oxygens (including phenoxy) is 1. The van der Waals surface area contributed by atoms with Crippen molar-refractivity contribution in [3.8, 4) is 11.5 Å². The molecule has 0 heterocycles. The number of hydrogen-bond donors (Lipinski definition) is 2. The van der Waals surface area contributed by atoms with E-state index in [0.717, 1.165) is 11.3 Å². The summed E-state index contributed by atoms with van der Waals surface area (Å²) in [6.45, 7) is 1.88. The van der Waals surface area contributed by atoms with Gasteiger partial charge in [0.15, 0.2) is 0 Å². The first-order valence-corrected chi connectivity index (χ1v) is 5.77. The normalized spacial score (nSPS) is 13.9. The molecule has 0 saturated carbocycles. The molecule has 0 amide bonds. The van der Waals surface area contributed by atoms with E-state index in [0.29, 0.717) is 5.56 Å². The number of nitrogens with two attached hydrogens (primary N) is 1. The molecular weight excluding hydrogens is 226 g/mol. The standard InChI is InChI=1S/C15H17NO2/c1-15(16,13-5-3-4-6-14(13)17)11-7-9-12(18-2)10-8-11/h3-10,17H,16H2,1-2H3/t15-/m1/s1. The number of methoxy groups -OCH3 is 1. The molecule has 2 aromatic carbocycles. The van der Waals surface area contributed by atoms with Gasteiger partial charge in [0, 0.05) is 5.56 Å². The fraction of sp³-hybridized carbons (Fsp3) is 0.200. The number of hydrogen-bond acceptors (Lipinski definition) is 3. The Morgan fingerprint density at radius 1 is 1.06 bits per heavy atom. The Morgan fingerprint density at radius 2 is 1.67 bits per heavy atom. The zero-order valence-corrected chi connectivity index (χ0v) is 10.6.